The van der Waals surface area contributed by atoms with E-state index in [-0.39, 0.29) is 11.6 Å². The molecule has 0 atom stereocenters. The van der Waals surface area contributed by atoms with Gasteiger partial charge >= 0.3 is 0 Å². The fourth-order valence-electron chi connectivity index (χ4n) is 1.97. The van der Waals surface area contributed by atoms with E-state index in [1.165, 1.54) is 6.07 Å². The van der Waals surface area contributed by atoms with E-state index in [1.54, 1.807) is 12.1 Å². The fraction of sp³-hybridized carbons (Fsp3) is 0.500. The molecule has 17 heavy (non-hydrogen) atoms. The molecule has 5 nitrogen and oxygen atoms in total. The standard InChI is InChI=1S/C12H16N2O3/c1-9(2)12(15)7-13(8-12)10-4-3-5-11(6-10)14(16)17/h3-6,9,15H,7-8H2,1-2H3. The lowest BCUT2D eigenvalue weighted by Gasteiger charge is -2.50. The first kappa shape index (κ1) is 11.9. The quantitative estimate of drug-likeness (QED) is 0.642. The third-order valence-electron chi connectivity index (χ3n) is 3.41. The van der Waals surface area contributed by atoms with Gasteiger partial charge in [-0.2, -0.15) is 0 Å². The highest BCUT2D eigenvalue weighted by atomic mass is 16.6. The summed E-state index contributed by atoms with van der Waals surface area (Å²) in [4.78, 5) is 12.2. The van der Waals surface area contributed by atoms with Crippen molar-refractivity contribution >= 4 is 11.4 Å². The zero-order chi connectivity index (χ0) is 12.6. The van der Waals surface area contributed by atoms with Crippen LogP contribution in [0.5, 0.6) is 0 Å². The highest BCUT2D eigenvalue weighted by Crippen LogP contribution is 2.33. The molecule has 1 aliphatic rings. The molecule has 2 rings (SSSR count). The summed E-state index contributed by atoms with van der Waals surface area (Å²) in [7, 11) is 0. The van der Waals surface area contributed by atoms with Crippen LogP contribution in [-0.4, -0.2) is 28.7 Å². The van der Waals surface area contributed by atoms with Gasteiger partial charge in [0.2, 0.25) is 0 Å². The van der Waals surface area contributed by atoms with Gasteiger partial charge in [0.1, 0.15) is 5.60 Å². The summed E-state index contributed by atoms with van der Waals surface area (Å²) in [6, 6.07) is 6.50. The Kier molecular flexibility index (Phi) is 2.79. The summed E-state index contributed by atoms with van der Waals surface area (Å²) >= 11 is 0. The van der Waals surface area contributed by atoms with Crippen LogP contribution in [0.3, 0.4) is 0 Å². The number of aliphatic hydroxyl groups is 1. The van der Waals surface area contributed by atoms with Gasteiger partial charge in [0.15, 0.2) is 0 Å². The lowest BCUT2D eigenvalue weighted by Crippen LogP contribution is -2.64. The normalized spacial score (nSPS) is 18.0. The van der Waals surface area contributed by atoms with Gasteiger partial charge in [-0.25, -0.2) is 0 Å². The first-order chi connectivity index (χ1) is 7.92. The lowest BCUT2D eigenvalue weighted by molar-refractivity contribution is -0.384. The van der Waals surface area contributed by atoms with Crippen LogP contribution < -0.4 is 4.90 Å². The molecule has 1 aromatic carbocycles. The number of nitro benzene ring substituents is 1. The largest absolute Gasteiger partial charge is 0.386 e. The van der Waals surface area contributed by atoms with Crippen LogP contribution in [0, 0.1) is 16.0 Å². The van der Waals surface area contributed by atoms with Gasteiger partial charge in [-0.15, -0.1) is 0 Å². The van der Waals surface area contributed by atoms with E-state index in [9.17, 15) is 15.2 Å². The van der Waals surface area contributed by atoms with Gasteiger partial charge in [0.05, 0.1) is 4.92 Å². The molecule has 1 aromatic rings. The molecule has 0 spiro atoms. The summed E-state index contributed by atoms with van der Waals surface area (Å²) in [6.07, 6.45) is 0. The van der Waals surface area contributed by atoms with Gasteiger partial charge < -0.3 is 10.0 Å². The maximum absolute atomic E-state index is 10.7. The minimum Gasteiger partial charge on any atom is -0.386 e. The Hall–Kier alpha value is -1.62. The molecule has 0 saturated carbocycles. The average Bonchev–Trinajstić information content (AvgIpc) is 2.24. The Morgan fingerprint density at radius 2 is 2.12 bits per heavy atom. The van der Waals surface area contributed by atoms with Crippen molar-refractivity contribution in [1.29, 1.82) is 0 Å². The maximum atomic E-state index is 10.7. The van der Waals surface area contributed by atoms with Crippen LogP contribution in [0.4, 0.5) is 11.4 Å². The number of rotatable bonds is 3. The average molecular weight is 236 g/mol. The number of β-amino-alcohol motifs (C(OH)–C–C–N with tert-alkyl or cyclic N) is 1. The summed E-state index contributed by atoms with van der Waals surface area (Å²) < 4.78 is 0. The van der Waals surface area contributed by atoms with Gasteiger partial charge in [-0.1, -0.05) is 19.9 Å². The minimum atomic E-state index is -0.662. The lowest BCUT2D eigenvalue weighted by atomic mass is 9.82. The Bertz CT molecular complexity index is 439. The summed E-state index contributed by atoms with van der Waals surface area (Å²) in [5.41, 5.74) is 0.219. The number of nitro groups is 1. The number of hydrogen-bond donors (Lipinski definition) is 1. The molecule has 1 saturated heterocycles. The van der Waals surface area contributed by atoms with Crippen LogP contribution >= 0.6 is 0 Å². The van der Waals surface area contributed by atoms with Crippen LogP contribution in [0.25, 0.3) is 0 Å². The first-order valence-electron chi connectivity index (χ1n) is 5.64. The SMILES string of the molecule is CC(C)C1(O)CN(c2cccc([N+](=O)[O-])c2)C1. The Labute approximate surface area is 99.8 Å². The van der Waals surface area contributed by atoms with E-state index in [0.717, 1.165) is 5.69 Å². The van der Waals surface area contributed by atoms with Crippen molar-refractivity contribution in [2.45, 2.75) is 19.4 Å². The molecule has 1 fully saturated rings. The summed E-state index contributed by atoms with van der Waals surface area (Å²) in [5, 5.41) is 20.8. The van der Waals surface area contributed by atoms with Crippen LogP contribution in [-0.2, 0) is 0 Å². The second kappa shape index (κ2) is 4.00. The topological polar surface area (TPSA) is 66.6 Å². The highest BCUT2D eigenvalue weighted by molar-refractivity contribution is 5.55. The van der Waals surface area contributed by atoms with Crippen molar-refractivity contribution in [3.8, 4) is 0 Å². The third kappa shape index (κ3) is 2.10. The summed E-state index contributed by atoms with van der Waals surface area (Å²) in [6.45, 7) is 5.02. The molecular weight excluding hydrogens is 220 g/mol. The molecule has 92 valence electrons. The van der Waals surface area contributed by atoms with Crippen molar-refractivity contribution in [1.82, 2.24) is 0 Å². The predicted molar refractivity (Wildman–Crippen MR) is 65.1 cm³/mol. The van der Waals surface area contributed by atoms with Crippen LogP contribution in [0.15, 0.2) is 24.3 Å². The molecule has 0 bridgehead atoms. The Morgan fingerprint density at radius 1 is 1.47 bits per heavy atom. The van der Waals surface area contributed by atoms with Crippen LogP contribution in [0.1, 0.15) is 13.8 Å². The second-order valence-corrected chi connectivity index (χ2v) is 4.89. The summed E-state index contributed by atoms with van der Waals surface area (Å²) in [5.74, 6) is 0.192. The van der Waals surface area contributed by atoms with Gasteiger partial charge in [0, 0.05) is 30.9 Å². The zero-order valence-corrected chi connectivity index (χ0v) is 9.96. The number of hydrogen-bond acceptors (Lipinski definition) is 4. The van der Waals surface area contributed by atoms with E-state index in [0.29, 0.717) is 13.1 Å². The smallest absolute Gasteiger partial charge is 0.271 e. The number of nitrogens with zero attached hydrogens (tertiary/aromatic N) is 2. The van der Waals surface area contributed by atoms with E-state index < -0.39 is 10.5 Å². The monoisotopic (exact) mass is 236 g/mol. The number of anilines is 1. The van der Waals surface area contributed by atoms with Gasteiger partial charge in [-0.3, -0.25) is 10.1 Å². The number of non-ortho nitro benzene ring substituents is 1. The molecule has 0 amide bonds. The molecule has 5 heteroatoms. The number of benzene rings is 1. The van der Waals surface area contributed by atoms with E-state index >= 15 is 0 Å². The molecule has 0 radical (unpaired) electrons. The molecule has 1 heterocycles. The molecule has 0 aromatic heterocycles. The molecule has 1 aliphatic heterocycles. The van der Waals surface area contributed by atoms with Crippen molar-refractivity contribution in [2.24, 2.45) is 5.92 Å². The predicted octanol–water partition coefficient (Wildman–Crippen LogP) is 1.80. The molecule has 0 unspecified atom stereocenters. The van der Waals surface area contributed by atoms with Crippen LogP contribution in [0.2, 0.25) is 0 Å². The van der Waals surface area contributed by atoms with Crippen molar-refractivity contribution < 1.29 is 10.0 Å². The van der Waals surface area contributed by atoms with Crippen molar-refractivity contribution in [3.63, 3.8) is 0 Å². The van der Waals surface area contributed by atoms with E-state index in [1.807, 2.05) is 24.8 Å². The first-order valence-corrected chi connectivity index (χ1v) is 5.64. The molecular formula is C12H16N2O3. The van der Waals surface area contributed by atoms with Gasteiger partial charge in [-0.05, 0) is 12.0 Å². The Balaban J connectivity index is 2.11. The third-order valence-corrected chi connectivity index (χ3v) is 3.41. The maximum Gasteiger partial charge on any atom is 0.271 e. The van der Waals surface area contributed by atoms with E-state index in [4.69, 9.17) is 0 Å². The van der Waals surface area contributed by atoms with Crippen molar-refractivity contribution in [2.75, 3.05) is 18.0 Å². The Morgan fingerprint density at radius 3 is 2.65 bits per heavy atom. The van der Waals surface area contributed by atoms with E-state index in [2.05, 4.69) is 0 Å². The van der Waals surface area contributed by atoms with Gasteiger partial charge in [0.25, 0.3) is 5.69 Å². The van der Waals surface area contributed by atoms with Crippen molar-refractivity contribution in [3.05, 3.63) is 34.4 Å². The fourth-order valence-corrected chi connectivity index (χ4v) is 1.97. The molecule has 1 N–H and O–H groups in total. The second-order valence-electron chi connectivity index (χ2n) is 4.89. The minimum absolute atomic E-state index is 0.0856. The zero-order valence-electron chi connectivity index (χ0n) is 9.96. The molecule has 0 aliphatic carbocycles. The highest BCUT2D eigenvalue weighted by Gasteiger charge is 2.43.